The lowest BCUT2D eigenvalue weighted by molar-refractivity contribution is 1.28. The predicted octanol–water partition coefficient (Wildman–Crippen LogP) is 6.43. The standard InChI is InChI=1S/C25H18N2/c1-17-9-13-21(22-7-3-2-6-20(17)22)19-11-10-18-12-14-24(27-25(18)16-19)23-8-4-5-15-26-23/h2-16H,1H3. The summed E-state index contributed by atoms with van der Waals surface area (Å²) in [5.74, 6) is 0. The molecule has 2 heteroatoms. The van der Waals surface area contributed by atoms with Gasteiger partial charge in [-0.25, -0.2) is 4.98 Å². The van der Waals surface area contributed by atoms with E-state index in [9.17, 15) is 0 Å². The molecule has 0 spiro atoms. The van der Waals surface area contributed by atoms with Gasteiger partial charge in [0.25, 0.3) is 0 Å². The first kappa shape index (κ1) is 15.7. The van der Waals surface area contributed by atoms with Gasteiger partial charge in [-0.15, -0.1) is 0 Å². The van der Waals surface area contributed by atoms with E-state index in [1.807, 2.05) is 24.3 Å². The van der Waals surface area contributed by atoms with Crippen molar-refractivity contribution < 1.29 is 0 Å². The third-order valence-electron chi connectivity index (χ3n) is 5.07. The Morgan fingerprint density at radius 2 is 1.48 bits per heavy atom. The Bertz CT molecular complexity index is 1270. The first-order chi connectivity index (χ1) is 13.3. The van der Waals surface area contributed by atoms with E-state index in [-0.39, 0.29) is 0 Å². The lowest BCUT2D eigenvalue weighted by Crippen LogP contribution is -1.89. The van der Waals surface area contributed by atoms with Crippen LogP contribution in [0.25, 0.3) is 44.2 Å². The topological polar surface area (TPSA) is 25.8 Å². The van der Waals surface area contributed by atoms with Crippen molar-refractivity contribution in [1.29, 1.82) is 0 Å². The molecule has 0 aliphatic rings. The minimum Gasteiger partial charge on any atom is -0.255 e. The Morgan fingerprint density at radius 1 is 0.667 bits per heavy atom. The van der Waals surface area contributed by atoms with E-state index in [0.29, 0.717) is 0 Å². The fraction of sp³-hybridized carbons (Fsp3) is 0.0400. The van der Waals surface area contributed by atoms with Crippen LogP contribution in [0.5, 0.6) is 0 Å². The summed E-state index contributed by atoms with van der Waals surface area (Å²) in [6.07, 6.45) is 1.80. The van der Waals surface area contributed by atoms with Gasteiger partial charge < -0.3 is 0 Å². The Morgan fingerprint density at radius 3 is 2.33 bits per heavy atom. The van der Waals surface area contributed by atoms with Gasteiger partial charge in [0.2, 0.25) is 0 Å². The van der Waals surface area contributed by atoms with Crippen LogP contribution < -0.4 is 0 Å². The van der Waals surface area contributed by atoms with E-state index >= 15 is 0 Å². The Labute approximate surface area is 158 Å². The maximum absolute atomic E-state index is 4.87. The normalized spacial score (nSPS) is 11.1. The van der Waals surface area contributed by atoms with E-state index in [2.05, 4.69) is 72.6 Å². The van der Waals surface area contributed by atoms with Gasteiger partial charge in [0.05, 0.1) is 16.9 Å². The van der Waals surface area contributed by atoms with Crippen LogP contribution in [0.2, 0.25) is 0 Å². The quantitative estimate of drug-likeness (QED) is 0.368. The first-order valence-electron chi connectivity index (χ1n) is 9.10. The molecule has 5 aromatic rings. The second-order valence-electron chi connectivity index (χ2n) is 6.79. The van der Waals surface area contributed by atoms with E-state index in [0.717, 1.165) is 22.3 Å². The molecule has 0 radical (unpaired) electrons. The Hall–Kier alpha value is -3.52. The molecule has 5 rings (SSSR count). The highest BCUT2D eigenvalue weighted by Crippen LogP contribution is 2.32. The van der Waals surface area contributed by atoms with Gasteiger partial charge in [-0.2, -0.15) is 0 Å². The third-order valence-corrected chi connectivity index (χ3v) is 5.07. The average Bonchev–Trinajstić information content (AvgIpc) is 2.74. The smallest absolute Gasteiger partial charge is 0.0893 e. The predicted molar refractivity (Wildman–Crippen MR) is 113 cm³/mol. The molecule has 0 atom stereocenters. The molecule has 128 valence electrons. The highest BCUT2D eigenvalue weighted by molar-refractivity contribution is 6.00. The first-order valence-corrected chi connectivity index (χ1v) is 9.10. The van der Waals surface area contributed by atoms with Crippen LogP contribution in [0.15, 0.2) is 91.1 Å². The summed E-state index contributed by atoms with van der Waals surface area (Å²) >= 11 is 0. The Balaban J connectivity index is 1.70. The maximum atomic E-state index is 4.87. The molecule has 27 heavy (non-hydrogen) atoms. The number of rotatable bonds is 2. The molecular formula is C25H18N2. The fourth-order valence-corrected chi connectivity index (χ4v) is 3.64. The minimum absolute atomic E-state index is 0.894. The van der Waals surface area contributed by atoms with Crippen molar-refractivity contribution >= 4 is 21.7 Å². The average molecular weight is 346 g/mol. The van der Waals surface area contributed by atoms with E-state index in [1.165, 1.54) is 27.5 Å². The lowest BCUT2D eigenvalue weighted by atomic mass is 9.95. The fourth-order valence-electron chi connectivity index (χ4n) is 3.64. The van der Waals surface area contributed by atoms with Crippen LogP contribution in [-0.4, -0.2) is 9.97 Å². The second-order valence-corrected chi connectivity index (χ2v) is 6.79. The van der Waals surface area contributed by atoms with Crippen molar-refractivity contribution in [3.05, 3.63) is 96.7 Å². The molecule has 2 aromatic heterocycles. The molecule has 0 saturated heterocycles. The second kappa shape index (κ2) is 6.33. The molecule has 2 heterocycles. The van der Waals surface area contributed by atoms with E-state index in [1.54, 1.807) is 6.20 Å². The molecule has 0 N–H and O–H groups in total. The molecule has 0 aliphatic carbocycles. The summed E-state index contributed by atoms with van der Waals surface area (Å²) in [4.78, 5) is 9.29. The summed E-state index contributed by atoms with van der Waals surface area (Å²) < 4.78 is 0. The monoisotopic (exact) mass is 346 g/mol. The zero-order chi connectivity index (χ0) is 18.2. The van der Waals surface area contributed by atoms with Gasteiger partial charge >= 0.3 is 0 Å². The van der Waals surface area contributed by atoms with E-state index in [4.69, 9.17) is 4.98 Å². The summed E-state index contributed by atoms with van der Waals surface area (Å²) in [5, 5.41) is 3.71. The van der Waals surface area contributed by atoms with Gasteiger partial charge in [-0.1, -0.05) is 60.7 Å². The Kier molecular flexibility index (Phi) is 3.68. The van der Waals surface area contributed by atoms with Gasteiger partial charge in [0.15, 0.2) is 0 Å². The zero-order valence-electron chi connectivity index (χ0n) is 15.1. The van der Waals surface area contributed by atoms with Crippen molar-refractivity contribution in [1.82, 2.24) is 9.97 Å². The van der Waals surface area contributed by atoms with Crippen LogP contribution in [-0.2, 0) is 0 Å². The van der Waals surface area contributed by atoms with Gasteiger partial charge in [-0.3, -0.25) is 4.98 Å². The van der Waals surface area contributed by atoms with E-state index < -0.39 is 0 Å². The molecule has 0 fully saturated rings. The molecule has 0 bridgehead atoms. The minimum atomic E-state index is 0.894. The molecule has 0 aliphatic heterocycles. The molecule has 0 amide bonds. The molecule has 0 unspecified atom stereocenters. The van der Waals surface area contributed by atoms with Crippen molar-refractivity contribution in [3.8, 4) is 22.5 Å². The number of benzene rings is 3. The van der Waals surface area contributed by atoms with Crippen molar-refractivity contribution in [2.24, 2.45) is 0 Å². The summed E-state index contributed by atoms with van der Waals surface area (Å²) in [5.41, 5.74) is 6.50. The summed E-state index contributed by atoms with van der Waals surface area (Å²) in [7, 11) is 0. The number of aromatic nitrogens is 2. The SMILES string of the molecule is Cc1ccc(-c2ccc3ccc(-c4ccccn4)nc3c2)c2ccccc12. The summed E-state index contributed by atoms with van der Waals surface area (Å²) in [6, 6.07) is 29.5. The van der Waals surface area contributed by atoms with Gasteiger partial charge in [0.1, 0.15) is 0 Å². The van der Waals surface area contributed by atoms with Crippen LogP contribution in [0.3, 0.4) is 0 Å². The van der Waals surface area contributed by atoms with Crippen molar-refractivity contribution in [3.63, 3.8) is 0 Å². The van der Waals surface area contributed by atoms with Gasteiger partial charge in [0, 0.05) is 11.6 Å². The molecule has 2 nitrogen and oxygen atoms in total. The largest absolute Gasteiger partial charge is 0.255 e. The maximum Gasteiger partial charge on any atom is 0.0893 e. The van der Waals surface area contributed by atoms with Crippen LogP contribution in [0, 0.1) is 6.92 Å². The summed E-state index contributed by atoms with van der Waals surface area (Å²) in [6.45, 7) is 2.16. The molecular weight excluding hydrogens is 328 g/mol. The number of pyridine rings is 2. The zero-order valence-corrected chi connectivity index (χ0v) is 15.1. The number of hydrogen-bond donors (Lipinski definition) is 0. The highest BCUT2D eigenvalue weighted by Gasteiger charge is 2.08. The highest BCUT2D eigenvalue weighted by atomic mass is 14.8. The van der Waals surface area contributed by atoms with Crippen LogP contribution in [0.4, 0.5) is 0 Å². The van der Waals surface area contributed by atoms with Crippen LogP contribution in [0.1, 0.15) is 5.56 Å². The molecule has 0 saturated carbocycles. The lowest BCUT2D eigenvalue weighted by Gasteiger charge is -2.10. The number of fused-ring (bicyclic) bond motifs is 2. The van der Waals surface area contributed by atoms with Crippen LogP contribution >= 0.6 is 0 Å². The van der Waals surface area contributed by atoms with Crippen molar-refractivity contribution in [2.75, 3.05) is 0 Å². The molecule has 3 aromatic carbocycles. The number of hydrogen-bond acceptors (Lipinski definition) is 2. The third kappa shape index (κ3) is 2.76. The number of aryl methyl sites for hydroxylation is 1. The van der Waals surface area contributed by atoms with Gasteiger partial charge in [-0.05, 0) is 58.7 Å². The number of nitrogens with zero attached hydrogens (tertiary/aromatic N) is 2. The van der Waals surface area contributed by atoms with Crippen molar-refractivity contribution in [2.45, 2.75) is 6.92 Å².